The molecule has 9 nitrogen and oxygen atoms in total. The molecular weight excluding hydrogens is 426 g/mol. The fourth-order valence-corrected chi connectivity index (χ4v) is 4.21. The number of ether oxygens (including phenoxy) is 2. The van der Waals surface area contributed by atoms with Gasteiger partial charge in [-0.3, -0.25) is 4.79 Å². The first-order chi connectivity index (χ1) is 14.5. The molecule has 3 aromatic rings. The zero-order chi connectivity index (χ0) is 21.5. The molecule has 3 rings (SSSR count). The fraction of sp³-hybridized carbons (Fsp3) is 0.316. The smallest absolute Gasteiger partial charge is 0.348 e. The van der Waals surface area contributed by atoms with Gasteiger partial charge in [0.2, 0.25) is 11.1 Å². The van der Waals surface area contributed by atoms with Crippen molar-refractivity contribution in [3.8, 4) is 5.75 Å². The molecule has 2 heterocycles. The molecular formula is C19H21N5O4S2. The van der Waals surface area contributed by atoms with E-state index in [4.69, 9.17) is 9.47 Å². The number of tetrazole rings is 1. The van der Waals surface area contributed by atoms with Gasteiger partial charge in [0.1, 0.15) is 10.6 Å². The molecule has 11 heteroatoms. The molecule has 1 N–H and O–H groups in total. The lowest BCUT2D eigenvalue weighted by Crippen LogP contribution is -2.14. The Morgan fingerprint density at radius 3 is 2.73 bits per heavy atom. The van der Waals surface area contributed by atoms with Gasteiger partial charge in [0, 0.05) is 0 Å². The van der Waals surface area contributed by atoms with Crippen LogP contribution in [0.4, 0.5) is 5.00 Å². The van der Waals surface area contributed by atoms with Gasteiger partial charge in [0.15, 0.2) is 0 Å². The number of carbonyl (C=O) groups excluding carboxylic acids is 2. The Bertz CT molecular complexity index is 1020. The molecule has 0 aliphatic heterocycles. The molecule has 0 unspecified atom stereocenters. The first kappa shape index (κ1) is 21.8. The van der Waals surface area contributed by atoms with Crippen molar-refractivity contribution in [1.29, 1.82) is 0 Å². The fourth-order valence-electron chi connectivity index (χ4n) is 2.55. The van der Waals surface area contributed by atoms with Crippen LogP contribution >= 0.6 is 23.1 Å². The van der Waals surface area contributed by atoms with Gasteiger partial charge in [-0.15, -0.1) is 16.4 Å². The molecule has 0 aliphatic carbocycles. The second-order valence-corrected chi connectivity index (χ2v) is 8.14. The van der Waals surface area contributed by atoms with E-state index >= 15 is 0 Å². The number of rotatable bonds is 9. The Labute approximate surface area is 181 Å². The number of thiophene rings is 1. The van der Waals surface area contributed by atoms with Gasteiger partial charge in [-0.1, -0.05) is 23.9 Å². The highest BCUT2D eigenvalue weighted by molar-refractivity contribution is 7.99. The molecule has 0 saturated heterocycles. The third kappa shape index (κ3) is 5.57. The van der Waals surface area contributed by atoms with E-state index in [0.29, 0.717) is 28.2 Å². The van der Waals surface area contributed by atoms with Crippen LogP contribution < -0.4 is 10.1 Å². The van der Waals surface area contributed by atoms with E-state index in [2.05, 4.69) is 20.8 Å². The third-order valence-electron chi connectivity index (χ3n) is 3.96. The van der Waals surface area contributed by atoms with Gasteiger partial charge in [0.05, 0.1) is 31.0 Å². The predicted octanol–water partition coefficient (Wildman–Crippen LogP) is 3.01. The van der Waals surface area contributed by atoms with Crippen LogP contribution in [0.25, 0.3) is 0 Å². The maximum Gasteiger partial charge on any atom is 0.348 e. The standard InChI is InChI=1S/C19H21N5O4S2/c1-4-28-18(26)17-12(2)9-16(30-17)20-15(25)11-29-19-21-22-23-24(19)10-13-5-7-14(27-3)8-6-13/h5-9H,4,10-11H2,1-3H3,(H,20,25). The molecule has 0 atom stereocenters. The van der Waals surface area contributed by atoms with E-state index in [9.17, 15) is 9.59 Å². The zero-order valence-corrected chi connectivity index (χ0v) is 18.4. The summed E-state index contributed by atoms with van der Waals surface area (Å²) in [5, 5.41) is 15.6. The Hall–Kier alpha value is -2.92. The van der Waals surface area contributed by atoms with Crippen LogP contribution in [-0.4, -0.2) is 51.6 Å². The minimum Gasteiger partial charge on any atom is -0.497 e. The number of aryl methyl sites for hydroxylation is 1. The van der Waals surface area contributed by atoms with E-state index in [1.54, 1.807) is 31.7 Å². The molecule has 1 aromatic carbocycles. The highest BCUT2D eigenvalue weighted by atomic mass is 32.2. The van der Waals surface area contributed by atoms with E-state index in [1.165, 1.54) is 23.1 Å². The number of hydrogen-bond donors (Lipinski definition) is 1. The van der Waals surface area contributed by atoms with Crippen molar-refractivity contribution in [2.24, 2.45) is 0 Å². The van der Waals surface area contributed by atoms with E-state index in [0.717, 1.165) is 16.9 Å². The van der Waals surface area contributed by atoms with Gasteiger partial charge in [-0.25, -0.2) is 9.48 Å². The number of carbonyl (C=O) groups is 2. The van der Waals surface area contributed by atoms with Gasteiger partial charge in [-0.2, -0.15) is 0 Å². The minimum absolute atomic E-state index is 0.134. The minimum atomic E-state index is -0.382. The van der Waals surface area contributed by atoms with Crippen molar-refractivity contribution >= 4 is 40.0 Å². The number of nitrogens with zero attached hydrogens (tertiary/aromatic N) is 4. The van der Waals surface area contributed by atoms with Crippen LogP contribution in [0.1, 0.15) is 27.7 Å². The maximum atomic E-state index is 12.3. The summed E-state index contributed by atoms with van der Waals surface area (Å²) in [6.07, 6.45) is 0. The van der Waals surface area contributed by atoms with E-state index < -0.39 is 0 Å². The Morgan fingerprint density at radius 2 is 2.03 bits per heavy atom. The van der Waals surface area contributed by atoms with Crippen LogP contribution in [-0.2, 0) is 16.1 Å². The Morgan fingerprint density at radius 1 is 1.27 bits per heavy atom. The number of hydrogen-bond acceptors (Lipinski definition) is 9. The average Bonchev–Trinajstić information content (AvgIpc) is 3.33. The number of benzene rings is 1. The summed E-state index contributed by atoms with van der Waals surface area (Å²) in [6, 6.07) is 9.36. The third-order valence-corrected chi connectivity index (χ3v) is 6.05. The van der Waals surface area contributed by atoms with Crippen LogP contribution in [0.15, 0.2) is 35.5 Å². The zero-order valence-electron chi connectivity index (χ0n) is 16.7. The number of aromatic nitrogens is 4. The van der Waals surface area contributed by atoms with Crippen molar-refractivity contribution in [3.05, 3.63) is 46.3 Å². The number of esters is 1. The summed E-state index contributed by atoms with van der Waals surface area (Å²) < 4.78 is 11.8. The van der Waals surface area contributed by atoms with Crippen molar-refractivity contribution in [2.45, 2.75) is 25.5 Å². The highest BCUT2D eigenvalue weighted by Crippen LogP contribution is 2.27. The van der Waals surface area contributed by atoms with E-state index in [1.807, 2.05) is 24.3 Å². The average molecular weight is 448 g/mol. The summed E-state index contributed by atoms with van der Waals surface area (Å²) >= 11 is 2.43. The molecule has 0 aliphatic rings. The Kier molecular flexibility index (Phi) is 7.41. The first-order valence-electron chi connectivity index (χ1n) is 9.09. The summed E-state index contributed by atoms with van der Waals surface area (Å²) in [5.41, 5.74) is 1.78. The maximum absolute atomic E-state index is 12.3. The lowest BCUT2D eigenvalue weighted by atomic mass is 10.2. The summed E-state index contributed by atoms with van der Waals surface area (Å²) in [5.74, 6) is 0.314. The predicted molar refractivity (Wildman–Crippen MR) is 114 cm³/mol. The molecule has 1 amide bonds. The van der Waals surface area contributed by atoms with E-state index in [-0.39, 0.29) is 17.6 Å². The van der Waals surface area contributed by atoms with Crippen LogP contribution in [0, 0.1) is 6.92 Å². The van der Waals surface area contributed by atoms with Gasteiger partial charge in [0.25, 0.3) is 0 Å². The lowest BCUT2D eigenvalue weighted by Gasteiger charge is -2.06. The molecule has 0 spiro atoms. The summed E-state index contributed by atoms with van der Waals surface area (Å²) in [4.78, 5) is 24.7. The highest BCUT2D eigenvalue weighted by Gasteiger charge is 2.17. The van der Waals surface area contributed by atoms with Crippen LogP contribution in [0.2, 0.25) is 0 Å². The van der Waals surface area contributed by atoms with Gasteiger partial charge < -0.3 is 14.8 Å². The molecule has 0 bridgehead atoms. The van der Waals surface area contributed by atoms with Crippen molar-refractivity contribution in [3.63, 3.8) is 0 Å². The van der Waals surface area contributed by atoms with Crippen LogP contribution in [0.5, 0.6) is 5.75 Å². The largest absolute Gasteiger partial charge is 0.497 e. The first-order valence-corrected chi connectivity index (χ1v) is 10.9. The van der Waals surface area contributed by atoms with Crippen LogP contribution in [0.3, 0.4) is 0 Å². The number of anilines is 1. The molecule has 2 aromatic heterocycles. The SMILES string of the molecule is CCOC(=O)c1sc(NC(=O)CSc2nnnn2Cc2ccc(OC)cc2)cc1C. The number of thioether (sulfide) groups is 1. The molecule has 0 fully saturated rings. The monoisotopic (exact) mass is 447 g/mol. The Balaban J connectivity index is 1.56. The summed E-state index contributed by atoms with van der Waals surface area (Å²) in [6.45, 7) is 4.34. The number of amides is 1. The second kappa shape index (κ2) is 10.2. The summed E-state index contributed by atoms with van der Waals surface area (Å²) in [7, 11) is 1.62. The lowest BCUT2D eigenvalue weighted by molar-refractivity contribution is -0.113. The topological polar surface area (TPSA) is 108 Å². The second-order valence-electron chi connectivity index (χ2n) is 6.15. The molecule has 0 radical (unpaired) electrons. The van der Waals surface area contributed by atoms with Crippen molar-refractivity contribution in [2.75, 3.05) is 24.8 Å². The van der Waals surface area contributed by atoms with Crippen molar-refractivity contribution < 1.29 is 19.1 Å². The number of methoxy groups -OCH3 is 1. The van der Waals surface area contributed by atoms with Crippen molar-refractivity contribution in [1.82, 2.24) is 20.2 Å². The van der Waals surface area contributed by atoms with Gasteiger partial charge in [-0.05, 0) is 53.6 Å². The quantitative estimate of drug-likeness (QED) is 0.394. The molecule has 30 heavy (non-hydrogen) atoms. The molecule has 0 saturated carbocycles. The molecule has 158 valence electrons. The number of nitrogens with one attached hydrogen (secondary N) is 1. The van der Waals surface area contributed by atoms with Gasteiger partial charge >= 0.3 is 5.97 Å². The normalized spacial score (nSPS) is 10.6.